The van der Waals surface area contributed by atoms with E-state index in [1.54, 1.807) is 6.92 Å². The van der Waals surface area contributed by atoms with Crippen LogP contribution in [0.3, 0.4) is 0 Å². The van der Waals surface area contributed by atoms with Crippen LogP contribution in [0.4, 0.5) is 0 Å². The summed E-state index contributed by atoms with van der Waals surface area (Å²) in [5.74, 6) is -1.04. The minimum absolute atomic E-state index is 0. The molecule has 1 aliphatic rings. The summed E-state index contributed by atoms with van der Waals surface area (Å²) in [6.45, 7) is 3.73. The van der Waals surface area contributed by atoms with Gasteiger partial charge in [-0.1, -0.05) is 43.3 Å². The number of benzene rings is 2. The van der Waals surface area contributed by atoms with Crippen molar-refractivity contribution >= 4 is 16.7 Å². The average molecular weight is 232 g/mol. The average Bonchev–Trinajstić information content (AvgIpc) is 2.56. The molecular weight excluding hydrogens is 219 g/mol. The third kappa shape index (κ3) is 1.40. The van der Waals surface area contributed by atoms with Crippen LogP contribution in [0.25, 0.3) is 10.8 Å². The van der Waals surface area contributed by atoms with Gasteiger partial charge in [0.15, 0.2) is 0 Å². The molecule has 0 unspecified atom stereocenters. The first-order chi connectivity index (χ1) is 8.06. The summed E-state index contributed by atoms with van der Waals surface area (Å²) in [7, 11) is 0. The van der Waals surface area contributed by atoms with E-state index in [4.69, 9.17) is 0 Å². The Morgan fingerprint density at radius 2 is 1.83 bits per heavy atom. The van der Waals surface area contributed by atoms with Gasteiger partial charge in [-0.3, -0.25) is 0 Å². The Balaban J connectivity index is 0.00000120. The van der Waals surface area contributed by atoms with Crippen molar-refractivity contribution in [2.45, 2.75) is 25.2 Å². The molecule has 0 heterocycles. The molecule has 86 valence electrons. The summed E-state index contributed by atoms with van der Waals surface area (Å²) >= 11 is 0. The van der Waals surface area contributed by atoms with Gasteiger partial charge in [0.2, 0.25) is 0 Å². The molecule has 0 amide bonds. The predicted molar refractivity (Wildman–Crippen MR) is 64.7 cm³/mol. The van der Waals surface area contributed by atoms with Gasteiger partial charge in [0.1, 0.15) is 0 Å². The molecule has 2 aromatic rings. The summed E-state index contributed by atoms with van der Waals surface area (Å²) in [5, 5.41) is 13.7. The Morgan fingerprint density at radius 1 is 1.22 bits per heavy atom. The molecule has 0 fully saturated rings. The zero-order chi connectivity index (χ0) is 12.2. The van der Waals surface area contributed by atoms with Gasteiger partial charge >= 0.3 is 18.9 Å². The predicted octanol–water partition coefficient (Wildman–Crippen LogP) is -1.03. The Bertz CT molecular complexity index is 630. The van der Waals surface area contributed by atoms with Gasteiger partial charge in [0.05, 0.1) is 5.97 Å². The van der Waals surface area contributed by atoms with Crippen molar-refractivity contribution in [2.75, 3.05) is 0 Å². The van der Waals surface area contributed by atoms with Gasteiger partial charge < -0.3 is 9.90 Å². The fourth-order valence-electron chi connectivity index (χ4n) is 2.99. The second-order valence-electron chi connectivity index (χ2n) is 4.96. The largest absolute Gasteiger partial charge is 1.00 e. The second kappa shape index (κ2) is 4.15. The van der Waals surface area contributed by atoms with Gasteiger partial charge in [-0.05, 0) is 34.7 Å². The van der Waals surface area contributed by atoms with E-state index in [0.29, 0.717) is 0 Å². The third-order valence-electron chi connectivity index (χ3n) is 4.25. The van der Waals surface area contributed by atoms with Crippen LogP contribution in [-0.2, 0) is 10.2 Å². The van der Waals surface area contributed by atoms with E-state index in [9.17, 15) is 9.90 Å². The molecule has 18 heavy (non-hydrogen) atoms. The third-order valence-corrected chi connectivity index (χ3v) is 4.25. The SMILES string of the molecule is C[C@H]1c2cccc3cccc(c23)[C@]1(C)C(=O)[O-].[Li+]. The van der Waals surface area contributed by atoms with Gasteiger partial charge in [-0.2, -0.15) is 0 Å². The number of carboxylic acid groups (broad SMARTS) is 1. The van der Waals surface area contributed by atoms with Crippen LogP contribution in [-0.4, -0.2) is 5.97 Å². The Hall–Kier alpha value is -1.23. The smallest absolute Gasteiger partial charge is 0.549 e. The Labute approximate surface area is 118 Å². The number of hydrogen-bond donors (Lipinski definition) is 0. The van der Waals surface area contributed by atoms with Crippen molar-refractivity contribution in [3.05, 3.63) is 47.5 Å². The summed E-state index contributed by atoms with van der Waals surface area (Å²) < 4.78 is 0. The minimum Gasteiger partial charge on any atom is -0.549 e. The van der Waals surface area contributed by atoms with E-state index in [0.717, 1.165) is 21.9 Å². The van der Waals surface area contributed by atoms with Crippen LogP contribution in [0.2, 0.25) is 0 Å². The molecule has 0 saturated carbocycles. The number of hydrogen-bond acceptors (Lipinski definition) is 2. The maximum atomic E-state index is 11.5. The standard InChI is InChI=1S/C15H14O2.Li/c1-9-11-7-3-5-10-6-4-8-12(13(10)11)15(9,2)14(16)17;/h3-9H,1-2H3,(H,16,17);/q;+1/p-1/t9-,15+;/m0./s1. The number of carbonyl (C=O) groups excluding carboxylic acids is 1. The Morgan fingerprint density at radius 3 is 2.44 bits per heavy atom. The molecule has 2 atom stereocenters. The maximum absolute atomic E-state index is 11.5. The molecule has 1 aliphatic carbocycles. The molecule has 0 radical (unpaired) electrons. The number of aliphatic carboxylic acids is 1. The fourth-order valence-corrected chi connectivity index (χ4v) is 2.99. The molecule has 3 rings (SSSR count). The number of carbonyl (C=O) groups is 1. The van der Waals surface area contributed by atoms with Crippen LogP contribution in [0.1, 0.15) is 30.9 Å². The normalized spacial score (nSPS) is 24.9. The first kappa shape index (κ1) is 13.2. The van der Waals surface area contributed by atoms with Crippen LogP contribution >= 0.6 is 0 Å². The van der Waals surface area contributed by atoms with Crippen LogP contribution in [0.5, 0.6) is 0 Å². The van der Waals surface area contributed by atoms with E-state index in [1.165, 1.54) is 0 Å². The zero-order valence-corrected chi connectivity index (χ0v) is 10.9. The molecule has 3 heteroatoms. The van der Waals surface area contributed by atoms with Gasteiger partial charge in [-0.15, -0.1) is 0 Å². The first-order valence-corrected chi connectivity index (χ1v) is 5.80. The van der Waals surface area contributed by atoms with E-state index >= 15 is 0 Å². The first-order valence-electron chi connectivity index (χ1n) is 5.80. The monoisotopic (exact) mass is 232 g/mol. The van der Waals surface area contributed by atoms with Crippen molar-refractivity contribution in [3.8, 4) is 0 Å². The van der Waals surface area contributed by atoms with Crippen molar-refractivity contribution < 1.29 is 28.8 Å². The number of rotatable bonds is 1. The van der Waals surface area contributed by atoms with E-state index in [2.05, 4.69) is 0 Å². The van der Waals surface area contributed by atoms with Crippen molar-refractivity contribution in [1.29, 1.82) is 0 Å². The van der Waals surface area contributed by atoms with Crippen LogP contribution in [0.15, 0.2) is 36.4 Å². The van der Waals surface area contributed by atoms with Crippen molar-refractivity contribution in [2.24, 2.45) is 0 Å². The molecule has 2 aromatic carbocycles. The summed E-state index contributed by atoms with van der Waals surface area (Å²) in [6.07, 6.45) is 0. The fraction of sp³-hybridized carbons (Fsp3) is 0.267. The second-order valence-corrected chi connectivity index (χ2v) is 4.96. The van der Waals surface area contributed by atoms with Crippen LogP contribution < -0.4 is 24.0 Å². The van der Waals surface area contributed by atoms with E-state index in [1.807, 2.05) is 43.3 Å². The topological polar surface area (TPSA) is 40.1 Å². The van der Waals surface area contributed by atoms with Crippen LogP contribution in [0, 0.1) is 0 Å². The molecule has 0 spiro atoms. The molecule has 0 bridgehead atoms. The summed E-state index contributed by atoms with van der Waals surface area (Å²) in [5.41, 5.74) is 1.09. The maximum Gasteiger partial charge on any atom is 1.00 e. The van der Waals surface area contributed by atoms with E-state index in [-0.39, 0.29) is 24.8 Å². The van der Waals surface area contributed by atoms with Gasteiger partial charge in [-0.25, -0.2) is 0 Å². The minimum atomic E-state index is -0.992. The van der Waals surface area contributed by atoms with Gasteiger partial charge in [0.25, 0.3) is 0 Å². The van der Waals surface area contributed by atoms with Crippen molar-refractivity contribution in [3.63, 3.8) is 0 Å². The molecule has 0 aliphatic heterocycles. The molecule has 0 saturated heterocycles. The molecular formula is C15H13LiO2. The summed E-state index contributed by atoms with van der Waals surface area (Å²) in [4.78, 5) is 11.5. The zero-order valence-electron chi connectivity index (χ0n) is 10.9. The molecule has 2 nitrogen and oxygen atoms in total. The van der Waals surface area contributed by atoms with E-state index < -0.39 is 11.4 Å². The van der Waals surface area contributed by atoms with Crippen molar-refractivity contribution in [1.82, 2.24) is 0 Å². The molecule has 0 N–H and O–H groups in total. The number of carboxylic acids is 1. The summed E-state index contributed by atoms with van der Waals surface area (Å²) in [6, 6.07) is 11.9. The quantitative estimate of drug-likeness (QED) is 0.590. The Kier molecular flexibility index (Phi) is 3.05. The molecule has 0 aromatic heterocycles. The van der Waals surface area contributed by atoms with Gasteiger partial charge in [0, 0.05) is 5.41 Å².